The van der Waals surface area contributed by atoms with E-state index in [-0.39, 0.29) is 23.8 Å². The van der Waals surface area contributed by atoms with Crippen LogP contribution >= 0.6 is 0 Å². The van der Waals surface area contributed by atoms with Crippen LogP contribution < -0.4 is 10.6 Å². The smallest absolute Gasteiger partial charge is 0.411 e. The Morgan fingerprint density at radius 1 is 0.878 bits per heavy atom. The number of amides is 3. The van der Waals surface area contributed by atoms with Gasteiger partial charge in [0.2, 0.25) is 5.91 Å². The Bertz CT molecular complexity index is 1330. The van der Waals surface area contributed by atoms with Crippen LogP contribution in [-0.4, -0.2) is 67.0 Å². The summed E-state index contributed by atoms with van der Waals surface area (Å²) in [4.78, 5) is 41.5. The van der Waals surface area contributed by atoms with Gasteiger partial charge in [0.25, 0.3) is 5.91 Å². The van der Waals surface area contributed by atoms with Crippen LogP contribution in [0.2, 0.25) is 0 Å². The van der Waals surface area contributed by atoms with E-state index in [9.17, 15) is 14.4 Å². The van der Waals surface area contributed by atoms with E-state index in [2.05, 4.69) is 15.5 Å². The summed E-state index contributed by atoms with van der Waals surface area (Å²) in [6.45, 7) is 3.48. The normalized spacial score (nSPS) is 15.6. The number of nitrogens with one attached hydrogen (secondary N) is 2. The highest BCUT2D eigenvalue weighted by atomic mass is 16.6. The van der Waals surface area contributed by atoms with Crippen LogP contribution in [0.3, 0.4) is 0 Å². The average molecular weight is 555 g/mol. The molecule has 0 bridgehead atoms. The van der Waals surface area contributed by atoms with E-state index < -0.39 is 6.09 Å². The number of para-hydroxylation sites is 1. The van der Waals surface area contributed by atoms with Crippen molar-refractivity contribution in [1.82, 2.24) is 15.1 Å². The molecule has 0 atom stereocenters. The molecular weight excluding hydrogens is 516 g/mol. The van der Waals surface area contributed by atoms with Crippen LogP contribution in [0.5, 0.6) is 0 Å². The standard InChI is InChI=1S/C33H38N4O4/c1-36(32(39)27-13-11-24(12-14-27)23-34-31(38)26-15-16-26)21-22-37-19-17-28(18-20-37)41-33(40)35-30-10-6-5-9-29(30)25-7-3-2-4-8-25/h2-14,26,28H,15-23H2,1H3,(H,34,38)(H,35,40). The number of hydrogen-bond donors (Lipinski definition) is 2. The third-order valence-electron chi connectivity index (χ3n) is 7.77. The van der Waals surface area contributed by atoms with Crippen LogP contribution in [0.4, 0.5) is 10.5 Å². The molecule has 8 nitrogen and oxygen atoms in total. The number of anilines is 1. The van der Waals surface area contributed by atoms with E-state index in [1.165, 1.54) is 0 Å². The summed E-state index contributed by atoms with van der Waals surface area (Å²) in [6, 6.07) is 25.1. The Morgan fingerprint density at radius 3 is 2.27 bits per heavy atom. The molecule has 3 aromatic carbocycles. The summed E-state index contributed by atoms with van der Waals surface area (Å²) < 4.78 is 5.75. The first-order chi connectivity index (χ1) is 20.0. The zero-order valence-electron chi connectivity index (χ0n) is 23.6. The Labute approximate surface area is 241 Å². The van der Waals surface area contributed by atoms with Gasteiger partial charge in [0.15, 0.2) is 0 Å². The largest absolute Gasteiger partial charge is 0.446 e. The van der Waals surface area contributed by atoms with E-state index in [4.69, 9.17) is 4.74 Å². The Kier molecular flexibility index (Phi) is 9.31. The monoisotopic (exact) mass is 554 g/mol. The molecule has 41 heavy (non-hydrogen) atoms. The van der Waals surface area contributed by atoms with Gasteiger partial charge in [-0.25, -0.2) is 4.79 Å². The number of carbonyl (C=O) groups excluding carboxylic acids is 3. The van der Waals surface area contributed by atoms with Crippen molar-refractivity contribution < 1.29 is 19.1 Å². The maximum Gasteiger partial charge on any atom is 0.411 e. The molecule has 1 saturated heterocycles. The fraction of sp³-hybridized carbons (Fsp3) is 0.364. The van der Waals surface area contributed by atoms with Gasteiger partial charge in [0, 0.05) is 56.8 Å². The van der Waals surface area contributed by atoms with E-state index >= 15 is 0 Å². The molecule has 0 radical (unpaired) electrons. The zero-order chi connectivity index (χ0) is 28.6. The third-order valence-corrected chi connectivity index (χ3v) is 7.77. The molecule has 3 aromatic rings. The van der Waals surface area contributed by atoms with Crippen molar-refractivity contribution in [2.45, 2.75) is 38.3 Å². The number of rotatable bonds is 10. The molecule has 2 aliphatic rings. The second-order valence-corrected chi connectivity index (χ2v) is 10.9. The summed E-state index contributed by atoms with van der Waals surface area (Å²) in [5.41, 5.74) is 4.33. The highest BCUT2D eigenvalue weighted by Crippen LogP contribution is 2.29. The molecule has 1 aliphatic carbocycles. The topological polar surface area (TPSA) is 91.0 Å². The van der Waals surface area contributed by atoms with Crippen molar-refractivity contribution in [2.24, 2.45) is 5.92 Å². The van der Waals surface area contributed by atoms with Gasteiger partial charge in [0.05, 0.1) is 5.69 Å². The number of benzene rings is 3. The molecule has 1 aliphatic heterocycles. The van der Waals surface area contributed by atoms with Crippen LogP contribution in [0.1, 0.15) is 41.6 Å². The van der Waals surface area contributed by atoms with Gasteiger partial charge in [-0.15, -0.1) is 0 Å². The molecule has 1 saturated carbocycles. The van der Waals surface area contributed by atoms with Crippen molar-refractivity contribution in [3.05, 3.63) is 90.0 Å². The van der Waals surface area contributed by atoms with E-state index in [0.717, 1.165) is 67.7 Å². The second kappa shape index (κ2) is 13.5. The molecule has 2 fully saturated rings. The molecule has 5 rings (SSSR count). The average Bonchev–Trinajstić information content (AvgIpc) is 3.86. The quantitative estimate of drug-likeness (QED) is 0.361. The molecule has 214 valence electrons. The number of carbonyl (C=O) groups is 3. The van der Waals surface area contributed by atoms with Crippen molar-refractivity contribution in [1.29, 1.82) is 0 Å². The summed E-state index contributed by atoms with van der Waals surface area (Å²) in [5, 5.41) is 5.87. The number of nitrogens with zero attached hydrogens (tertiary/aromatic N) is 2. The highest BCUT2D eigenvalue weighted by molar-refractivity contribution is 5.94. The van der Waals surface area contributed by atoms with Gasteiger partial charge in [-0.1, -0.05) is 60.7 Å². The molecule has 8 heteroatoms. The number of ether oxygens (including phenoxy) is 1. The van der Waals surface area contributed by atoms with E-state index in [1.807, 2.05) is 85.9 Å². The Balaban J connectivity index is 1.02. The predicted molar refractivity (Wildman–Crippen MR) is 159 cm³/mol. The maximum atomic E-state index is 12.9. The molecule has 0 aromatic heterocycles. The molecule has 0 spiro atoms. The summed E-state index contributed by atoms with van der Waals surface area (Å²) in [7, 11) is 1.82. The van der Waals surface area contributed by atoms with Gasteiger partial charge in [-0.3, -0.25) is 14.9 Å². The first kappa shape index (κ1) is 28.4. The molecule has 1 heterocycles. The van der Waals surface area contributed by atoms with Crippen molar-refractivity contribution in [3.63, 3.8) is 0 Å². The zero-order valence-corrected chi connectivity index (χ0v) is 23.6. The Hall–Kier alpha value is -4.17. The van der Waals surface area contributed by atoms with Gasteiger partial charge in [-0.05, 0) is 55.0 Å². The van der Waals surface area contributed by atoms with Gasteiger partial charge in [0.1, 0.15) is 6.10 Å². The lowest BCUT2D eigenvalue weighted by atomic mass is 10.0. The predicted octanol–water partition coefficient (Wildman–Crippen LogP) is 5.16. The van der Waals surface area contributed by atoms with Crippen LogP contribution in [0.15, 0.2) is 78.9 Å². The maximum absolute atomic E-state index is 12.9. The molecular formula is C33H38N4O4. The van der Waals surface area contributed by atoms with Crippen LogP contribution in [0, 0.1) is 5.92 Å². The fourth-order valence-corrected chi connectivity index (χ4v) is 5.06. The minimum absolute atomic E-state index is 0.0239. The minimum atomic E-state index is -0.437. The van der Waals surface area contributed by atoms with Crippen molar-refractivity contribution >= 4 is 23.6 Å². The Morgan fingerprint density at radius 2 is 1.56 bits per heavy atom. The fourth-order valence-electron chi connectivity index (χ4n) is 5.06. The first-order valence-corrected chi connectivity index (χ1v) is 14.4. The van der Waals surface area contributed by atoms with Crippen molar-refractivity contribution in [3.8, 4) is 11.1 Å². The SMILES string of the molecule is CN(CCN1CCC(OC(=O)Nc2ccccc2-c2ccccc2)CC1)C(=O)c1ccc(CNC(=O)C2CC2)cc1. The van der Waals surface area contributed by atoms with Crippen LogP contribution in [-0.2, 0) is 16.1 Å². The van der Waals surface area contributed by atoms with Crippen molar-refractivity contribution in [2.75, 3.05) is 38.5 Å². The number of hydrogen-bond acceptors (Lipinski definition) is 5. The lowest BCUT2D eigenvalue weighted by Gasteiger charge is -2.32. The lowest BCUT2D eigenvalue weighted by molar-refractivity contribution is -0.122. The van der Waals surface area contributed by atoms with Gasteiger partial charge >= 0.3 is 6.09 Å². The third kappa shape index (κ3) is 7.95. The second-order valence-electron chi connectivity index (χ2n) is 10.9. The first-order valence-electron chi connectivity index (χ1n) is 14.4. The van der Waals surface area contributed by atoms with Gasteiger partial charge < -0.3 is 19.9 Å². The summed E-state index contributed by atoms with van der Waals surface area (Å²) in [5.74, 6) is 0.285. The molecule has 0 unspecified atom stereocenters. The number of likely N-dealkylation sites (N-methyl/N-ethyl adjacent to an activating group) is 1. The van der Waals surface area contributed by atoms with Gasteiger partial charge in [-0.2, -0.15) is 0 Å². The molecule has 3 amide bonds. The highest BCUT2D eigenvalue weighted by Gasteiger charge is 2.29. The number of likely N-dealkylation sites (tertiary alicyclic amines) is 1. The number of piperidine rings is 1. The van der Waals surface area contributed by atoms with E-state index in [1.54, 1.807) is 4.90 Å². The lowest BCUT2D eigenvalue weighted by Crippen LogP contribution is -2.42. The molecule has 2 N–H and O–H groups in total. The van der Waals surface area contributed by atoms with E-state index in [0.29, 0.717) is 18.7 Å². The minimum Gasteiger partial charge on any atom is -0.446 e. The summed E-state index contributed by atoms with van der Waals surface area (Å²) in [6.07, 6.45) is 2.91. The van der Waals surface area contributed by atoms with Crippen LogP contribution in [0.25, 0.3) is 11.1 Å². The summed E-state index contributed by atoms with van der Waals surface area (Å²) >= 11 is 0.